The fourth-order valence-corrected chi connectivity index (χ4v) is 2.44. The number of hydrogen-bond acceptors (Lipinski definition) is 5. The van der Waals surface area contributed by atoms with Crippen LogP contribution in [0.15, 0.2) is 23.8 Å². The van der Waals surface area contributed by atoms with Crippen LogP contribution >= 0.6 is 11.3 Å². The zero-order valence-electron chi connectivity index (χ0n) is 11.3. The number of rotatable bonds is 5. The Bertz CT molecular complexity index is 618. The Hall–Kier alpha value is -2.15. The minimum absolute atomic E-state index is 0.165. The highest BCUT2D eigenvalue weighted by Crippen LogP contribution is 2.23. The van der Waals surface area contributed by atoms with Crippen LogP contribution < -0.4 is 5.32 Å². The summed E-state index contributed by atoms with van der Waals surface area (Å²) in [5.74, 6) is -0.611. The first-order valence-electron chi connectivity index (χ1n) is 6.05. The molecule has 20 heavy (non-hydrogen) atoms. The van der Waals surface area contributed by atoms with E-state index in [1.54, 1.807) is 22.3 Å². The van der Waals surface area contributed by atoms with Gasteiger partial charge in [-0.05, 0) is 23.9 Å². The summed E-state index contributed by atoms with van der Waals surface area (Å²) < 4.78 is 6.37. The summed E-state index contributed by atoms with van der Waals surface area (Å²) in [5.41, 5.74) is 1.54. The molecule has 7 heteroatoms. The summed E-state index contributed by atoms with van der Waals surface area (Å²) in [6, 6.07) is 1.69. The van der Waals surface area contributed by atoms with E-state index in [0.29, 0.717) is 17.1 Å². The molecular weight excluding hydrogens is 278 g/mol. The quantitative estimate of drug-likeness (QED) is 0.856. The number of nitrogens with zero attached hydrogens (tertiary/aromatic N) is 2. The van der Waals surface area contributed by atoms with Gasteiger partial charge in [-0.2, -0.15) is 5.10 Å². The van der Waals surface area contributed by atoms with Crippen molar-refractivity contribution in [1.29, 1.82) is 0 Å². The first-order valence-corrected chi connectivity index (χ1v) is 6.93. The Morgan fingerprint density at radius 1 is 1.50 bits per heavy atom. The van der Waals surface area contributed by atoms with Crippen molar-refractivity contribution in [1.82, 2.24) is 9.78 Å². The second-order valence-electron chi connectivity index (χ2n) is 4.23. The summed E-state index contributed by atoms with van der Waals surface area (Å²) in [6.45, 7) is 2.44. The second-order valence-corrected chi connectivity index (χ2v) is 5.15. The smallest absolute Gasteiger partial charge is 0.350 e. The van der Waals surface area contributed by atoms with Gasteiger partial charge in [0.2, 0.25) is 5.91 Å². The first-order chi connectivity index (χ1) is 9.60. The molecule has 2 heterocycles. The van der Waals surface area contributed by atoms with Gasteiger partial charge in [-0.1, -0.05) is 0 Å². The molecule has 0 bridgehead atoms. The maximum Gasteiger partial charge on any atom is 0.350 e. The topological polar surface area (TPSA) is 73.2 Å². The first kappa shape index (κ1) is 14.3. The molecule has 0 atom stereocenters. The maximum absolute atomic E-state index is 11.9. The number of methoxy groups -OCH3 is 1. The fourth-order valence-electron chi connectivity index (χ4n) is 1.68. The number of carbonyl (C=O) groups excluding carboxylic acids is 2. The average molecular weight is 293 g/mol. The number of thiophene rings is 1. The van der Waals surface area contributed by atoms with Crippen molar-refractivity contribution in [2.24, 2.45) is 0 Å². The van der Waals surface area contributed by atoms with Crippen molar-refractivity contribution >= 4 is 28.9 Å². The lowest BCUT2D eigenvalue weighted by molar-refractivity contribution is -0.116. The lowest BCUT2D eigenvalue weighted by Crippen LogP contribution is -2.16. The van der Waals surface area contributed by atoms with E-state index in [1.165, 1.54) is 18.4 Å². The Labute approximate surface area is 120 Å². The summed E-state index contributed by atoms with van der Waals surface area (Å²) in [7, 11) is 1.31. The highest BCUT2D eigenvalue weighted by molar-refractivity contribution is 7.12. The monoisotopic (exact) mass is 293 g/mol. The van der Waals surface area contributed by atoms with E-state index in [-0.39, 0.29) is 12.3 Å². The molecule has 0 aliphatic rings. The van der Waals surface area contributed by atoms with Crippen molar-refractivity contribution in [3.8, 4) is 0 Å². The number of amides is 1. The molecule has 0 aliphatic heterocycles. The van der Waals surface area contributed by atoms with E-state index >= 15 is 0 Å². The van der Waals surface area contributed by atoms with Gasteiger partial charge in [-0.3, -0.25) is 9.48 Å². The zero-order chi connectivity index (χ0) is 14.5. The summed E-state index contributed by atoms with van der Waals surface area (Å²) in [5, 5.41) is 8.56. The SMILES string of the molecule is COC(=O)c1sccc1NC(=O)CCn1cc(C)cn1. The van der Waals surface area contributed by atoms with Crippen LogP contribution in [0.2, 0.25) is 0 Å². The van der Waals surface area contributed by atoms with Crippen LogP contribution in [0.3, 0.4) is 0 Å². The van der Waals surface area contributed by atoms with E-state index in [0.717, 1.165) is 5.56 Å². The van der Waals surface area contributed by atoms with Crippen LogP contribution in [0, 0.1) is 6.92 Å². The number of ether oxygens (including phenoxy) is 1. The van der Waals surface area contributed by atoms with E-state index in [2.05, 4.69) is 15.2 Å². The van der Waals surface area contributed by atoms with Gasteiger partial charge in [-0.25, -0.2) is 4.79 Å². The Morgan fingerprint density at radius 3 is 2.95 bits per heavy atom. The van der Waals surface area contributed by atoms with Gasteiger partial charge in [0.1, 0.15) is 4.88 Å². The molecule has 0 saturated heterocycles. The predicted molar refractivity (Wildman–Crippen MR) is 75.9 cm³/mol. The van der Waals surface area contributed by atoms with Gasteiger partial charge in [0, 0.05) is 19.2 Å². The summed E-state index contributed by atoms with van der Waals surface area (Å²) in [4.78, 5) is 23.7. The molecule has 0 spiro atoms. The standard InChI is InChI=1S/C13H15N3O3S/c1-9-7-14-16(8-9)5-3-11(17)15-10-4-6-20-12(10)13(18)19-2/h4,6-8H,3,5H2,1-2H3,(H,15,17). The second kappa shape index (κ2) is 6.33. The molecule has 2 aromatic heterocycles. The minimum atomic E-state index is -0.446. The van der Waals surface area contributed by atoms with Crippen LogP contribution in [-0.2, 0) is 16.1 Å². The van der Waals surface area contributed by atoms with Crippen molar-refractivity contribution in [3.05, 3.63) is 34.3 Å². The lowest BCUT2D eigenvalue weighted by atomic mass is 10.3. The normalized spacial score (nSPS) is 10.3. The van der Waals surface area contributed by atoms with Crippen molar-refractivity contribution in [2.45, 2.75) is 19.9 Å². The highest BCUT2D eigenvalue weighted by Gasteiger charge is 2.15. The molecule has 106 valence electrons. The number of esters is 1. The van der Waals surface area contributed by atoms with Crippen molar-refractivity contribution in [3.63, 3.8) is 0 Å². The molecule has 2 rings (SSSR count). The van der Waals surface area contributed by atoms with Gasteiger partial charge in [0.05, 0.1) is 19.0 Å². The van der Waals surface area contributed by atoms with Crippen LogP contribution in [0.4, 0.5) is 5.69 Å². The third-order valence-corrected chi connectivity index (χ3v) is 3.53. The molecule has 6 nitrogen and oxygen atoms in total. The molecule has 0 unspecified atom stereocenters. The summed E-state index contributed by atoms with van der Waals surface area (Å²) >= 11 is 1.24. The molecule has 0 radical (unpaired) electrons. The van der Waals surface area contributed by atoms with Crippen molar-refractivity contribution in [2.75, 3.05) is 12.4 Å². The number of aryl methyl sites for hydroxylation is 2. The Kier molecular flexibility index (Phi) is 4.52. The average Bonchev–Trinajstić information content (AvgIpc) is 3.04. The lowest BCUT2D eigenvalue weighted by Gasteiger charge is -2.05. The van der Waals surface area contributed by atoms with Gasteiger partial charge in [0.25, 0.3) is 0 Å². The largest absolute Gasteiger partial charge is 0.465 e. The molecular formula is C13H15N3O3S. The third-order valence-electron chi connectivity index (χ3n) is 2.64. The van der Waals surface area contributed by atoms with E-state index in [1.807, 2.05) is 13.1 Å². The highest BCUT2D eigenvalue weighted by atomic mass is 32.1. The number of aromatic nitrogens is 2. The van der Waals surface area contributed by atoms with Gasteiger partial charge in [0.15, 0.2) is 0 Å². The van der Waals surface area contributed by atoms with E-state index in [4.69, 9.17) is 0 Å². The van der Waals surface area contributed by atoms with Crippen LogP contribution in [0.25, 0.3) is 0 Å². The number of carbonyl (C=O) groups is 2. The molecule has 1 amide bonds. The fraction of sp³-hybridized carbons (Fsp3) is 0.308. The van der Waals surface area contributed by atoms with Crippen LogP contribution in [0.1, 0.15) is 21.7 Å². The number of nitrogens with one attached hydrogen (secondary N) is 1. The molecule has 2 aromatic rings. The molecule has 0 fully saturated rings. The van der Waals surface area contributed by atoms with E-state index in [9.17, 15) is 9.59 Å². The summed E-state index contributed by atoms with van der Waals surface area (Å²) in [6.07, 6.45) is 3.90. The predicted octanol–water partition coefficient (Wildman–Crippen LogP) is 2.07. The minimum Gasteiger partial charge on any atom is -0.465 e. The van der Waals surface area contributed by atoms with Crippen molar-refractivity contribution < 1.29 is 14.3 Å². The van der Waals surface area contributed by atoms with Crippen LogP contribution in [-0.4, -0.2) is 28.8 Å². The van der Waals surface area contributed by atoms with Gasteiger partial charge in [-0.15, -0.1) is 11.3 Å². The molecule has 1 N–H and O–H groups in total. The maximum atomic E-state index is 11.9. The van der Waals surface area contributed by atoms with Crippen LogP contribution in [0.5, 0.6) is 0 Å². The molecule has 0 aliphatic carbocycles. The molecule has 0 aromatic carbocycles. The van der Waals surface area contributed by atoms with Gasteiger partial charge < -0.3 is 10.1 Å². The molecule has 0 saturated carbocycles. The number of anilines is 1. The number of hydrogen-bond donors (Lipinski definition) is 1. The Balaban J connectivity index is 1.91. The van der Waals surface area contributed by atoms with E-state index < -0.39 is 5.97 Å². The third kappa shape index (κ3) is 3.45. The zero-order valence-corrected chi connectivity index (χ0v) is 12.1. The van der Waals surface area contributed by atoms with Gasteiger partial charge >= 0.3 is 5.97 Å². The Morgan fingerprint density at radius 2 is 2.30 bits per heavy atom.